The van der Waals surface area contributed by atoms with Crippen molar-refractivity contribution in [2.24, 2.45) is 0 Å². The number of aryl methyl sites for hydroxylation is 1. The quantitative estimate of drug-likeness (QED) is 0.647. The molecule has 0 atom stereocenters. The van der Waals surface area contributed by atoms with Crippen LogP contribution in [-0.2, 0) is 6.42 Å². The Hall–Kier alpha value is -2.89. The van der Waals surface area contributed by atoms with Crippen LogP contribution >= 0.6 is 0 Å². The average molecular weight is 286 g/mol. The van der Waals surface area contributed by atoms with E-state index in [1.165, 1.54) is 18.2 Å². The second kappa shape index (κ2) is 6.04. The van der Waals surface area contributed by atoms with E-state index in [0.717, 1.165) is 12.0 Å². The third kappa shape index (κ3) is 3.36. The zero-order valence-corrected chi connectivity index (χ0v) is 11.4. The summed E-state index contributed by atoms with van der Waals surface area (Å²) in [6.45, 7) is 2.03. The smallest absolute Gasteiger partial charge is 0.335 e. The normalized spacial score (nSPS) is 10.1. The predicted octanol–water partition coefficient (Wildman–Crippen LogP) is 3.60. The van der Waals surface area contributed by atoms with E-state index in [2.05, 4.69) is 5.32 Å². The van der Waals surface area contributed by atoms with Crippen molar-refractivity contribution in [3.8, 4) is 0 Å². The van der Waals surface area contributed by atoms with Gasteiger partial charge in [0.05, 0.1) is 10.5 Å². The Labute approximate surface area is 121 Å². The monoisotopic (exact) mass is 286 g/mol. The second-order valence-corrected chi connectivity index (χ2v) is 4.47. The fourth-order valence-corrected chi connectivity index (χ4v) is 1.91. The van der Waals surface area contributed by atoms with Crippen LogP contribution < -0.4 is 5.32 Å². The van der Waals surface area contributed by atoms with Crippen molar-refractivity contribution in [1.29, 1.82) is 0 Å². The number of aromatic carboxylic acids is 1. The van der Waals surface area contributed by atoms with Gasteiger partial charge in [-0.3, -0.25) is 10.1 Å². The number of nitrogens with one attached hydrogen (secondary N) is 1. The number of nitro benzene ring substituents is 1. The fraction of sp³-hybridized carbons (Fsp3) is 0.133. The number of nitrogens with zero attached hydrogens (tertiary/aromatic N) is 1. The summed E-state index contributed by atoms with van der Waals surface area (Å²) in [6.07, 6.45) is 0.898. The molecule has 0 fully saturated rings. The molecule has 0 saturated heterocycles. The Morgan fingerprint density at radius 2 is 1.90 bits per heavy atom. The molecule has 0 aliphatic carbocycles. The molecule has 0 amide bonds. The van der Waals surface area contributed by atoms with Gasteiger partial charge in [-0.25, -0.2) is 4.79 Å². The number of benzene rings is 2. The molecule has 0 aliphatic rings. The van der Waals surface area contributed by atoms with Gasteiger partial charge in [0.15, 0.2) is 0 Å². The lowest BCUT2D eigenvalue weighted by Crippen LogP contribution is -2.01. The molecule has 6 heteroatoms. The molecule has 0 spiro atoms. The van der Waals surface area contributed by atoms with Gasteiger partial charge in [0.2, 0.25) is 0 Å². The highest BCUT2D eigenvalue weighted by Crippen LogP contribution is 2.28. The lowest BCUT2D eigenvalue weighted by molar-refractivity contribution is -0.383. The Morgan fingerprint density at radius 3 is 2.43 bits per heavy atom. The summed E-state index contributed by atoms with van der Waals surface area (Å²) in [5.74, 6) is -1.13. The van der Waals surface area contributed by atoms with Gasteiger partial charge in [-0.05, 0) is 36.2 Å². The first-order valence-electron chi connectivity index (χ1n) is 6.39. The van der Waals surface area contributed by atoms with Crippen LogP contribution in [0.3, 0.4) is 0 Å². The number of carboxylic acid groups (broad SMARTS) is 1. The molecule has 0 bridgehead atoms. The first kappa shape index (κ1) is 14.5. The summed E-state index contributed by atoms with van der Waals surface area (Å²) >= 11 is 0. The van der Waals surface area contributed by atoms with Crippen LogP contribution in [0, 0.1) is 10.1 Å². The minimum atomic E-state index is -1.13. The molecular formula is C15H14N2O4. The third-order valence-corrected chi connectivity index (χ3v) is 3.08. The molecule has 0 radical (unpaired) electrons. The number of hydrogen-bond acceptors (Lipinski definition) is 4. The van der Waals surface area contributed by atoms with E-state index >= 15 is 0 Å². The standard InChI is InChI=1S/C15H14N2O4/c1-2-10-3-6-12(7-4-10)16-13-9-11(15(18)19)5-8-14(13)17(20)21/h3-9,16H,2H2,1H3,(H,18,19). The number of nitro groups is 1. The lowest BCUT2D eigenvalue weighted by atomic mass is 10.1. The molecule has 2 N–H and O–H groups in total. The maximum atomic E-state index is 11.0. The van der Waals surface area contributed by atoms with Crippen molar-refractivity contribution >= 4 is 23.0 Å². The molecule has 2 aromatic rings. The highest BCUT2D eigenvalue weighted by molar-refractivity contribution is 5.90. The zero-order chi connectivity index (χ0) is 15.4. The number of carbonyl (C=O) groups is 1. The SMILES string of the molecule is CCc1ccc(Nc2cc(C(=O)O)ccc2[N+](=O)[O-])cc1. The molecule has 108 valence electrons. The summed E-state index contributed by atoms with van der Waals surface area (Å²) in [5, 5.41) is 22.9. The van der Waals surface area contributed by atoms with Crippen molar-refractivity contribution in [2.45, 2.75) is 13.3 Å². The van der Waals surface area contributed by atoms with Gasteiger partial charge in [0.25, 0.3) is 5.69 Å². The second-order valence-electron chi connectivity index (χ2n) is 4.47. The number of rotatable bonds is 5. The maximum Gasteiger partial charge on any atom is 0.335 e. The van der Waals surface area contributed by atoms with Gasteiger partial charge in [0.1, 0.15) is 5.69 Å². The van der Waals surface area contributed by atoms with Gasteiger partial charge in [-0.2, -0.15) is 0 Å². The molecular weight excluding hydrogens is 272 g/mol. The van der Waals surface area contributed by atoms with Crippen LogP contribution in [0.5, 0.6) is 0 Å². The summed E-state index contributed by atoms with van der Waals surface area (Å²) in [5.41, 5.74) is 1.80. The number of hydrogen-bond donors (Lipinski definition) is 2. The summed E-state index contributed by atoms with van der Waals surface area (Å²) in [7, 11) is 0. The van der Waals surface area contributed by atoms with Crippen LogP contribution in [0.25, 0.3) is 0 Å². The minimum Gasteiger partial charge on any atom is -0.478 e. The lowest BCUT2D eigenvalue weighted by Gasteiger charge is -2.08. The highest BCUT2D eigenvalue weighted by Gasteiger charge is 2.16. The van der Waals surface area contributed by atoms with Crippen LogP contribution in [0.4, 0.5) is 17.1 Å². The van der Waals surface area contributed by atoms with Gasteiger partial charge >= 0.3 is 5.97 Å². The van der Waals surface area contributed by atoms with Gasteiger partial charge in [-0.15, -0.1) is 0 Å². The van der Waals surface area contributed by atoms with E-state index in [1.54, 1.807) is 12.1 Å². The Balaban J connectivity index is 2.37. The van der Waals surface area contributed by atoms with Crippen LogP contribution in [0.1, 0.15) is 22.8 Å². The summed E-state index contributed by atoms with van der Waals surface area (Å²) in [6, 6.07) is 11.1. The first-order chi connectivity index (χ1) is 10.0. The van der Waals surface area contributed by atoms with Crippen molar-refractivity contribution in [3.05, 3.63) is 63.7 Å². The molecule has 6 nitrogen and oxygen atoms in total. The predicted molar refractivity (Wildman–Crippen MR) is 79.2 cm³/mol. The van der Waals surface area contributed by atoms with Gasteiger partial charge in [-0.1, -0.05) is 19.1 Å². The maximum absolute atomic E-state index is 11.0. The number of anilines is 2. The van der Waals surface area contributed by atoms with Crippen LogP contribution in [-0.4, -0.2) is 16.0 Å². The van der Waals surface area contributed by atoms with E-state index in [4.69, 9.17) is 5.11 Å². The average Bonchev–Trinajstić information content (AvgIpc) is 2.47. The van der Waals surface area contributed by atoms with Crippen LogP contribution in [0.15, 0.2) is 42.5 Å². The topological polar surface area (TPSA) is 92.5 Å². The molecule has 21 heavy (non-hydrogen) atoms. The van der Waals surface area contributed by atoms with Crippen molar-refractivity contribution in [3.63, 3.8) is 0 Å². The fourth-order valence-electron chi connectivity index (χ4n) is 1.91. The minimum absolute atomic E-state index is 0.00622. The number of carboxylic acids is 1. The van der Waals surface area contributed by atoms with E-state index in [-0.39, 0.29) is 16.9 Å². The Kier molecular flexibility index (Phi) is 4.18. The highest BCUT2D eigenvalue weighted by atomic mass is 16.6. The van der Waals surface area contributed by atoms with Gasteiger partial charge in [0, 0.05) is 11.8 Å². The molecule has 0 unspecified atom stereocenters. The largest absolute Gasteiger partial charge is 0.478 e. The molecule has 0 saturated carbocycles. The summed E-state index contributed by atoms with van der Waals surface area (Å²) in [4.78, 5) is 21.4. The van der Waals surface area contributed by atoms with Gasteiger partial charge < -0.3 is 10.4 Å². The van der Waals surface area contributed by atoms with Crippen molar-refractivity contribution < 1.29 is 14.8 Å². The van der Waals surface area contributed by atoms with E-state index in [1.807, 2.05) is 19.1 Å². The Bertz CT molecular complexity index is 681. The molecule has 2 rings (SSSR count). The molecule has 0 aliphatic heterocycles. The van der Waals surface area contributed by atoms with Crippen molar-refractivity contribution in [1.82, 2.24) is 0 Å². The molecule has 0 aromatic heterocycles. The Morgan fingerprint density at radius 1 is 1.24 bits per heavy atom. The van der Waals surface area contributed by atoms with Crippen molar-refractivity contribution in [2.75, 3.05) is 5.32 Å². The third-order valence-electron chi connectivity index (χ3n) is 3.08. The van der Waals surface area contributed by atoms with E-state index < -0.39 is 10.9 Å². The first-order valence-corrected chi connectivity index (χ1v) is 6.39. The molecule has 0 heterocycles. The van der Waals surface area contributed by atoms with E-state index in [0.29, 0.717) is 5.69 Å². The van der Waals surface area contributed by atoms with E-state index in [9.17, 15) is 14.9 Å². The molecule has 2 aromatic carbocycles. The zero-order valence-electron chi connectivity index (χ0n) is 11.4. The van der Waals surface area contributed by atoms with Crippen LogP contribution in [0.2, 0.25) is 0 Å². The summed E-state index contributed by atoms with van der Waals surface area (Å²) < 4.78 is 0.